The third-order valence-corrected chi connectivity index (χ3v) is 3.23. The van der Waals surface area contributed by atoms with Crippen molar-refractivity contribution in [1.82, 2.24) is 9.78 Å². The lowest BCUT2D eigenvalue weighted by atomic mass is 10.3. The number of hydrogen-bond acceptors (Lipinski definition) is 4. The first-order chi connectivity index (χ1) is 8.74. The van der Waals surface area contributed by atoms with Crippen molar-refractivity contribution in [3.05, 3.63) is 35.9 Å². The Hall–Kier alpha value is -1.62. The van der Waals surface area contributed by atoms with E-state index in [1.165, 1.54) is 0 Å². The van der Waals surface area contributed by atoms with Crippen LogP contribution in [0, 0.1) is 6.92 Å². The number of benzene rings is 1. The molecular weight excluding hydrogens is 246 g/mol. The number of nitrogens with two attached hydrogens (primary N) is 1. The molecule has 0 amide bonds. The van der Waals surface area contributed by atoms with Gasteiger partial charge in [-0.3, -0.25) is 0 Å². The Morgan fingerprint density at radius 1 is 1.33 bits per heavy atom. The molecule has 1 aromatic carbocycles. The molecule has 1 heterocycles. The van der Waals surface area contributed by atoms with Gasteiger partial charge < -0.3 is 10.5 Å². The second-order valence-corrected chi connectivity index (χ2v) is 4.89. The Morgan fingerprint density at radius 3 is 2.72 bits per heavy atom. The minimum atomic E-state index is 0.616. The number of ether oxygens (including phenoxy) is 1. The van der Waals surface area contributed by atoms with E-state index >= 15 is 0 Å². The molecule has 0 spiro atoms. The lowest BCUT2D eigenvalue weighted by Gasteiger charge is -2.02. The number of nitrogens with zero attached hydrogens (tertiary/aromatic N) is 2. The van der Waals surface area contributed by atoms with Gasteiger partial charge in [-0.25, -0.2) is 4.68 Å². The monoisotopic (exact) mass is 263 g/mol. The molecular formula is C13H17N3OS. The van der Waals surface area contributed by atoms with E-state index in [2.05, 4.69) is 5.10 Å². The molecule has 0 unspecified atom stereocenters. The summed E-state index contributed by atoms with van der Waals surface area (Å²) in [6.07, 6.45) is 2.05. The highest BCUT2D eigenvalue weighted by molar-refractivity contribution is 7.98. The molecule has 0 aliphatic carbocycles. The molecule has 0 saturated carbocycles. The summed E-state index contributed by atoms with van der Waals surface area (Å²) in [5.74, 6) is 2.18. The minimum absolute atomic E-state index is 0.616. The summed E-state index contributed by atoms with van der Waals surface area (Å²) >= 11 is 1.74. The molecule has 0 bridgehead atoms. The van der Waals surface area contributed by atoms with Crippen LogP contribution in [-0.4, -0.2) is 28.4 Å². The molecule has 5 heteroatoms. The molecule has 2 N–H and O–H groups in total. The first-order valence-corrected chi connectivity index (χ1v) is 7.15. The Kier molecular flexibility index (Phi) is 4.15. The number of nitrogen functional groups attached to an aromatic ring is 1. The van der Waals surface area contributed by atoms with Gasteiger partial charge in [0.05, 0.1) is 17.9 Å². The van der Waals surface area contributed by atoms with Gasteiger partial charge in [0.15, 0.2) is 0 Å². The van der Waals surface area contributed by atoms with Gasteiger partial charge in [0.2, 0.25) is 5.88 Å². The van der Waals surface area contributed by atoms with E-state index in [1.807, 2.05) is 43.5 Å². The Morgan fingerprint density at radius 2 is 2.06 bits per heavy atom. The lowest BCUT2D eigenvalue weighted by molar-refractivity contribution is 0.326. The summed E-state index contributed by atoms with van der Waals surface area (Å²) in [5, 5.41) is 4.41. The summed E-state index contributed by atoms with van der Waals surface area (Å²) in [4.78, 5) is 0. The molecule has 2 rings (SSSR count). The van der Waals surface area contributed by atoms with Gasteiger partial charge in [-0.15, -0.1) is 5.10 Å². The summed E-state index contributed by atoms with van der Waals surface area (Å²) < 4.78 is 7.34. The van der Waals surface area contributed by atoms with E-state index in [9.17, 15) is 0 Å². The predicted octanol–water partition coefficient (Wildman–Crippen LogP) is 2.50. The van der Waals surface area contributed by atoms with Crippen LogP contribution in [0.1, 0.15) is 5.56 Å². The van der Waals surface area contributed by atoms with E-state index in [0.29, 0.717) is 18.3 Å². The van der Waals surface area contributed by atoms with E-state index in [4.69, 9.17) is 10.5 Å². The van der Waals surface area contributed by atoms with E-state index in [-0.39, 0.29) is 0 Å². The standard InChI is InChI=1S/C13H17N3OS/c1-10-12(14)16(11-6-4-3-5-7-11)15-13(10)17-8-9-18-2/h3-7H,8-9,14H2,1-2H3. The maximum absolute atomic E-state index is 6.05. The summed E-state index contributed by atoms with van der Waals surface area (Å²) in [5.41, 5.74) is 7.89. The van der Waals surface area contributed by atoms with Gasteiger partial charge in [0.1, 0.15) is 5.82 Å². The van der Waals surface area contributed by atoms with Gasteiger partial charge >= 0.3 is 0 Å². The van der Waals surface area contributed by atoms with Crippen LogP contribution in [0.5, 0.6) is 5.88 Å². The van der Waals surface area contributed by atoms with Gasteiger partial charge in [-0.05, 0) is 25.3 Å². The second-order valence-electron chi connectivity index (χ2n) is 3.90. The maximum atomic E-state index is 6.05. The summed E-state index contributed by atoms with van der Waals surface area (Å²) in [6, 6.07) is 9.81. The molecule has 2 aromatic rings. The third-order valence-electron chi connectivity index (χ3n) is 2.65. The average molecular weight is 263 g/mol. The minimum Gasteiger partial charge on any atom is -0.475 e. The number of para-hydroxylation sites is 1. The number of aromatic nitrogens is 2. The van der Waals surface area contributed by atoms with Crippen LogP contribution in [0.25, 0.3) is 5.69 Å². The highest BCUT2D eigenvalue weighted by Crippen LogP contribution is 2.25. The first kappa shape index (κ1) is 12.8. The maximum Gasteiger partial charge on any atom is 0.238 e. The Bertz CT molecular complexity index is 510. The highest BCUT2D eigenvalue weighted by Gasteiger charge is 2.13. The van der Waals surface area contributed by atoms with Crippen LogP contribution in [0.3, 0.4) is 0 Å². The summed E-state index contributed by atoms with van der Waals surface area (Å²) in [6.45, 7) is 2.57. The fourth-order valence-electron chi connectivity index (χ4n) is 1.61. The topological polar surface area (TPSA) is 53.1 Å². The summed E-state index contributed by atoms with van der Waals surface area (Å²) in [7, 11) is 0. The SMILES string of the molecule is CSCCOc1nn(-c2ccccc2)c(N)c1C. The van der Waals surface area contributed by atoms with Gasteiger partial charge in [0, 0.05) is 5.75 Å². The van der Waals surface area contributed by atoms with Crippen molar-refractivity contribution in [2.45, 2.75) is 6.92 Å². The second kappa shape index (κ2) is 5.82. The van der Waals surface area contributed by atoms with Crippen molar-refractivity contribution in [1.29, 1.82) is 0 Å². The number of rotatable bonds is 5. The number of hydrogen-bond donors (Lipinski definition) is 1. The van der Waals surface area contributed by atoms with Crippen LogP contribution in [0.4, 0.5) is 5.82 Å². The normalized spacial score (nSPS) is 10.6. The molecule has 18 heavy (non-hydrogen) atoms. The zero-order valence-corrected chi connectivity index (χ0v) is 11.4. The molecule has 0 saturated heterocycles. The van der Waals surface area contributed by atoms with Crippen molar-refractivity contribution < 1.29 is 4.74 Å². The fourth-order valence-corrected chi connectivity index (χ4v) is 1.86. The molecule has 0 aliphatic heterocycles. The van der Waals surface area contributed by atoms with Crippen LogP contribution in [-0.2, 0) is 0 Å². The van der Waals surface area contributed by atoms with Crippen LogP contribution in [0.2, 0.25) is 0 Å². The van der Waals surface area contributed by atoms with Gasteiger partial charge in [0.25, 0.3) is 0 Å². The third kappa shape index (κ3) is 2.61. The first-order valence-electron chi connectivity index (χ1n) is 5.76. The van der Waals surface area contributed by atoms with Crippen molar-refractivity contribution in [3.63, 3.8) is 0 Å². The fraction of sp³-hybridized carbons (Fsp3) is 0.308. The quantitative estimate of drug-likeness (QED) is 0.842. The average Bonchev–Trinajstić information content (AvgIpc) is 2.68. The molecule has 0 atom stereocenters. The largest absolute Gasteiger partial charge is 0.475 e. The van der Waals surface area contributed by atoms with Crippen molar-refractivity contribution in [3.8, 4) is 11.6 Å². The zero-order valence-electron chi connectivity index (χ0n) is 10.6. The van der Waals surface area contributed by atoms with E-state index < -0.39 is 0 Å². The zero-order chi connectivity index (χ0) is 13.0. The van der Waals surface area contributed by atoms with E-state index in [1.54, 1.807) is 16.4 Å². The molecule has 0 radical (unpaired) electrons. The van der Waals surface area contributed by atoms with Gasteiger partial charge in [-0.1, -0.05) is 18.2 Å². The molecule has 0 fully saturated rings. The number of anilines is 1. The Labute approximate surface area is 111 Å². The molecule has 4 nitrogen and oxygen atoms in total. The van der Waals surface area contributed by atoms with Crippen molar-refractivity contribution >= 4 is 17.6 Å². The lowest BCUT2D eigenvalue weighted by Crippen LogP contribution is -2.03. The van der Waals surface area contributed by atoms with E-state index in [0.717, 1.165) is 17.0 Å². The molecule has 0 aliphatic rings. The van der Waals surface area contributed by atoms with Gasteiger partial charge in [-0.2, -0.15) is 11.8 Å². The van der Waals surface area contributed by atoms with Crippen LogP contribution >= 0.6 is 11.8 Å². The van der Waals surface area contributed by atoms with Crippen molar-refractivity contribution in [2.24, 2.45) is 0 Å². The van der Waals surface area contributed by atoms with Crippen molar-refractivity contribution in [2.75, 3.05) is 24.3 Å². The Balaban J connectivity index is 2.25. The molecule has 96 valence electrons. The highest BCUT2D eigenvalue weighted by atomic mass is 32.2. The van der Waals surface area contributed by atoms with Crippen LogP contribution in [0.15, 0.2) is 30.3 Å². The smallest absolute Gasteiger partial charge is 0.238 e. The van der Waals surface area contributed by atoms with Crippen LogP contribution < -0.4 is 10.5 Å². The number of thioether (sulfide) groups is 1. The molecule has 1 aromatic heterocycles. The predicted molar refractivity (Wildman–Crippen MR) is 76.6 cm³/mol.